The summed E-state index contributed by atoms with van der Waals surface area (Å²) in [5.74, 6) is 0.355. The minimum absolute atomic E-state index is 0.215. The topological polar surface area (TPSA) is 3.24 Å². The molecule has 2 heteroatoms. The molecular weight excluding hydrogens is 249 g/mol. The number of likely N-dealkylation sites (tertiary alicyclic amines) is 1. The number of hydrogen-bond donors (Lipinski definition) is 0. The summed E-state index contributed by atoms with van der Waals surface area (Å²) in [7, 11) is 0. The molecule has 0 spiro atoms. The Kier molecular flexibility index (Phi) is 6.67. The lowest BCUT2D eigenvalue weighted by molar-refractivity contribution is 0.0712. The van der Waals surface area contributed by atoms with Crippen LogP contribution in [0.4, 0.5) is 4.39 Å². The van der Waals surface area contributed by atoms with Crippen LogP contribution in [0.15, 0.2) is 36.0 Å². The molecule has 1 rings (SSSR count). The highest BCUT2D eigenvalue weighted by Gasteiger charge is 2.31. The van der Waals surface area contributed by atoms with E-state index < -0.39 is 0 Å². The second-order valence-electron chi connectivity index (χ2n) is 6.44. The van der Waals surface area contributed by atoms with Crippen molar-refractivity contribution in [3.63, 3.8) is 0 Å². The number of piperidine rings is 1. The highest BCUT2D eigenvalue weighted by atomic mass is 19.1. The Morgan fingerprint density at radius 3 is 2.65 bits per heavy atom. The van der Waals surface area contributed by atoms with Crippen molar-refractivity contribution in [2.45, 2.75) is 52.5 Å². The van der Waals surface area contributed by atoms with Gasteiger partial charge in [0.25, 0.3) is 0 Å². The van der Waals surface area contributed by atoms with Crippen LogP contribution in [-0.4, -0.2) is 30.2 Å². The molecule has 0 bridgehead atoms. The van der Waals surface area contributed by atoms with Crippen molar-refractivity contribution in [2.75, 3.05) is 19.8 Å². The van der Waals surface area contributed by atoms with Gasteiger partial charge in [0, 0.05) is 12.1 Å². The maximum atomic E-state index is 13.4. The molecule has 1 aliphatic rings. The van der Waals surface area contributed by atoms with Crippen LogP contribution in [0.1, 0.15) is 47.0 Å². The molecule has 1 saturated heterocycles. The van der Waals surface area contributed by atoms with E-state index in [0.717, 1.165) is 43.5 Å². The van der Waals surface area contributed by atoms with Crippen molar-refractivity contribution in [2.24, 2.45) is 5.92 Å². The first-order valence-corrected chi connectivity index (χ1v) is 7.75. The van der Waals surface area contributed by atoms with Crippen molar-refractivity contribution >= 4 is 0 Å². The predicted molar refractivity (Wildman–Crippen MR) is 86.7 cm³/mol. The summed E-state index contributed by atoms with van der Waals surface area (Å²) >= 11 is 0. The molecule has 1 fully saturated rings. The Labute approximate surface area is 124 Å². The fourth-order valence-corrected chi connectivity index (χ4v) is 2.65. The summed E-state index contributed by atoms with van der Waals surface area (Å²) < 4.78 is 13.4. The smallest absolute Gasteiger partial charge is 0.111 e. The van der Waals surface area contributed by atoms with E-state index in [-0.39, 0.29) is 12.2 Å². The molecule has 0 amide bonds. The van der Waals surface area contributed by atoms with E-state index in [0.29, 0.717) is 5.92 Å². The molecule has 114 valence electrons. The molecule has 0 aromatic carbocycles. The number of hydrogen-bond acceptors (Lipinski definition) is 1. The predicted octanol–water partition coefficient (Wildman–Crippen LogP) is 4.92. The first-order valence-electron chi connectivity index (χ1n) is 7.75. The van der Waals surface area contributed by atoms with Crippen molar-refractivity contribution in [3.8, 4) is 0 Å². The van der Waals surface area contributed by atoms with E-state index in [1.54, 1.807) is 6.08 Å². The van der Waals surface area contributed by atoms with E-state index >= 15 is 0 Å². The lowest BCUT2D eigenvalue weighted by Crippen LogP contribution is -2.49. The average molecular weight is 279 g/mol. The quantitative estimate of drug-likeness (QED) is 0.624. The van der Waals surface area contributed by atoms with Crippen LogP contribution in [-0.2, 0) is 0 Å². The average Bonchev–Trinajstić information content (AvgIpc) is 2.47. The normalized spacial score (nSPS) is 22.9. The molecule has 0 unspecified atom stereocenters. The number of rotatable bonds is 6. The maximum absolute atomic E-state index is 13.4. The van der Waals surface area contributed by atoms with Gasteiger partial charge in [0.15, 0.2) is 0 Å². The third-order valence-electron chi connectivity index (χ3n) is 4.70. The van der Waals surface area contributed by atoms with Crippen LogP contribution in [0.2, 0.25) is 0 Å². The molecule has 0 aromatic rings. The Morgan fingerprint density at radius 2 is 2.10 bits per heavy atom. The van der Waals surface area contributed by atoms with Gasteiger partial charge in [-0.3, -0.25) is 4.90 Å². The van der Waals surface area contributed by atoms with Crippen molar-refractivity contribution in [1.82, 2.24) is 4.90 Å². The Hall–Kier alpha value is -0.890. The lowest BCUT2D eigenvalue weighted by Gasteiger charge is -2.43. The number of nitrogens with zero attached hydrogens (tertiary/aromatic N) is 1. The molecule has 0 saturated carbocycles. The molecule has 0 radical (unpaired) electrons. The summed E-state index contributed by atoms with van der Waals surface area (Å²) in [6, 6.07) is 0. The van der Waals surface area contributed by atoms with Gasteiger partial charge in [-0.1, -0.05) is 37.3 Å². The first kappa shape index (κ1) is 17.2. The SMILES string of the molecule is C=C/C(C)=C\C=C(/CF)[C@H]1CCCN(C(C)(C)CC)C1. The Morgan fingerprint density at radius 1 is 1.40 bits per heavy atom. The molecule has 1 nitrogen and oxygen atoms in total. The molecule has 1 heterocycles. The lowest BCUT2D eigenvalue weighted by atomic mass is 9.86. The van der Waals surface area contributed by atoms with Crippen LogP contribution in [0.3, 0.4) is 0 Å². The van der Waals surface area contributed by atoms with Gasteiger partial charge in [0.2, 0.25) is 0 Å². The standard InChI is InChI=1S/C18H30FN/c1-6-15(3)10-11-16(13-19)17-9-8-12-20(14-17)18(4,5)7-2/h6,10-11,17H,1,7-9,12-14H2,2-5H3/b15-10-,16-11+/t17-/m0/s1. The highest BCUT2D eigenvalue weighted by molar-refractivity contribution is 5.24. The third kappa shape index (κ3) is 4.59. The van der Waals surface area contributed by atoms with Gasteiger partial charge in [-0.05, 0) is 58.1 Å². The van der Waals surface area contributed by atoms with Gasteiger partial charge >= 0.3 is 0 Å². The fourth-order valence-electron chi connectivity index (χ4n) is 2.65. The largest absolute Gasteiger partial charge is 0.298 e. The van der Waals surface area contributed by atoms with Crippen LogP contribution >= 0.6 is 0 Å². The van der Waals surface area contributed by atoms with Gasteiger partial charge < -0.3 is 0 Å². The minimum atomic E-state index is -0.341. The summed E-state index contributed by atoms with van der Waals surface area (Å²) in [5, 5.41) is 0. The Balaban J connectivity index is 2.81. The van der Waals surface area contributed by atoms with E-state index in [9.17, 15) is 4.39 Å². The summed E-state index contributed by atoms with van der Waals surface area (Å²) in [5.41, 5.74) is 2.23. The second kappa shape index (κ2) is 7.78. The van der Waals surface area contributed by atoms with Crippen LogP contribution in [0, 0.1) is 5.92 Å². The summed E-state index contributed by atoms with van der Waals surface area (Å²) in [6.45, 7) is 14.3. The van der Waals surface area contributed by atoms with E-state index in [4.69, 9.17) is 0 Å². The highest BCUT2D eigenvalue weighted by Crippen LogP contribution is 2.30. The van der Waals surface area contributed by atoms with Crippen molar-refractivity contribution in [3.05, 3.63) is 36.0 Å². The van der Waals surface area contributed by atoms with Crippen molar-refractivity contribution < 1.29 is 4.39 Å². The number of halogens is 1. The minimum Gasteiger partial charge on any atom is -0.298 e. The molecule has 1 atom stereocenters. The summed E-state index contributed by atoms with van der Waals surface area (Å²) in [4.78, 5) is 2.52. The number of allylic oxidation sites excluding steroid dienone is 4. The Bertz CT molecular complexity index is 379. The fraction of sp³-hybridized carbons (Fsp3) is 0.667. The van der Waals surface area contributed by atoms with Gasteiger partial charge in [0.05, 0.1) is 0 Å². The number of alkyl halides is 1. The van der Waals surface area contributed by atoms with Crippen LogP contribution in [0.25, 0.3) is 0 Å². The zero-order chi connectivity index (χ0) is 15.2. The second-order valence-corrected chi connectivity index (χ2v) is 6.44. The van der Waals surface area contributed by atoms with E-state index in [2.05, 4.69) is 32.3 Å². The molecule has 20 heavy (non-hydrogen) atoms. The van der Waals surface area contributed by atoms with Crippen LogP contribution < -0.4 is 0 Å². The van der Waals surface area contributed by atoms with Crippen molar-refractivity contribution in [1.29, 1.82) is 0 Å². The van der Waals surface area contributed by atoms with Gasteiger partial charge in [-0.15, -0.1) is 0 Å². The third-order valence-corrected chi connectivity index (χ3v) is 4.70. The first-order chi connectivity index (χ1) is 9.44. The zero-order valence-corrected chi connectivity index (χ0v) is 13.6. The van der Waals surface area contributed by atoms with E-state index in [1.807, 2.05) is 19.1 Å². The molecule has 1 aliphatic heterocycles. The van der Waals surface area contributed by atoms with Crippen LogP contribution in [0.5, 0.6) is 0 Å². The van der Waals surface area contributed by atoms with Gasteiger partial charge in [0.1, 0.15) is 6.67 Å². The van der Waals surface area contributed by atoms with Gasteiger partial charge in [-0.25, -0.2) is 4.39 Å². The molecule has 0 aliphatic carbocycles. The zero-order valence-electron chi connectivity index (χ0n) is 13.6. The molecular formula is C18H30FN. The van der Waals surface area contributed by atoms with E-state index in [1.165, 1.54) is 0 Å². The maximum Gasteiger partial charge on any atom is 0.111 e. The monoisotopic (exact) mass is 279 g/mol. The van der Waals surface area contributed by atoms with Gasteiger partial charge in [-0.2, -0.15) is 0 Å². The molecule has 0 N–H and O–H groups in total. The summed E-state index contributed by atoms with van der Waals surface area (Å²) in [6.07, 6.45) is 9.14. The molecule has 0 aromatic heterocycles.